The van der Waals surface area contributed by atoms with Gasteiger partial charge in [-0.05, 0) is 50.2 Å². The van der Waals surface area contributed by atoms with E-state index in [1.165, 1.54) is 0 Å². The Morgan fingerprint density at radius 3 is 2.44 bits per heavy atom. The van der Waals surface area contributed by atoms with Crippen LogP contribution in [0.2, 0.25) is 0 Å². The number of ether oxygens (including phenoxy) is 2. The molecule has 1 N–H and O–H groups in total. The van der Waals surface area contributed by atoms with Crippen molar-refractivity contribution in [3.63, 3.8) is 0 Å². The predicted molar refractivity (Wildman–Crippen MR) is 95.9 cm³/mol. The van der Waals surface area contributed by atoms with Gasteiger partial charge in [-0.2, -0.15) is 0 Å². The van der Waals surface area contributed by atoms with E-state index in [0.717, 1.165) is 22.5 Å². The van der Waals surface area contributed by atoms with Crippen LogP contribution in [0.3, 0.4) is 0 Å². The predicted octanol–water partition coefficient (Wildman–Crippen LogP) is 4.09. The summed E-state index contributed by atoms with van der Waals surface area (Å²) in [6.07, 6.45) is 0. The van der Waals surface area contributed by atoms with Crippen LogP contribution in [-0.2, 0) is 4.79 Å². The highest BCUT2D eigenvalue weighted by Gasteiger charge is 2.14. The Hall–Kier alpha value is -2.95. The van der Waals surface area contributed by atoms with Gasteiger partial charge >= 0.3 is 0 Å². The summed E-state index contributed by atoms with van der Waals surface area (Å²) in [5, 5.41) is 3.89. The van der Waals surface area contributed by atoms with Crippen LogP contribution in [0.25, 0.3) is 11.0 Å². The molecule has 0 spiro atoms. The molecule has 1 heterocycles. The van der Waals surface area contributed by atoms with E-state index < -0.39 is 0 Å². The van der Waals surface area contributed by atoms with Crippen molar-refractivity contribution >= 4 is 16.9 Å². The van der Waals surface area contributed by atoms with E-state index >= 15 is 0 Å². The molecule has 0 aliphatic rings. The smallest absolute Gasteiger partial charge is 0.258 e. The van der Waals surface area contributed by atoms with Crippen molar-refractivity contribution in [3.8, 4) is 11.5 Å². The van der Waals surface area contributed by atoms with E-state index in [9.17, 15) is 4.79 Å². The highest BCUT2D eigenvalue weighted by atomic mass is 16.5. The lowest BCUT2D eigenvalue weighted by atomic mass is 10.2. The number of amides is 1. The number of benzene rings is 2. The summed E-state index contributed by atoms with van der Waals surface area (Å²) >= 11 is 0. The van der Waals surface area contributed by atoms with Crippen molar-refractivity contribution in [2.24, 2.45) is 0 Å². The first kappa shape index (κ1) is 16.9. The lowest BCUT2D eigenvalue weighted by molar-refractivity contribution is -0.123. The fraction of sp³-hybridized carbons (Fsp3) is 0.250. The average Bonchev–Trinajstić information content (AvgIpc) is 3.06. The third kappa shape index (κ3) is 4.32. The molecule has 0 radical (unpaired) electrons. The second-order valence-corrected chi connectivity index (χ2v) is 5.67. The van der Waals surface area contributed by atoms with E-state index in [4.69, 9.17) is 13.9 Å². The molecule has 5 heteroatoms. The normalized spacial score (nSPS) is 11.9. The minimum absolute atomic E-state index is 0.0570. The van der Waals surface area contributed by atoms with Gasteiger partial charge in [0.2, 0.25) is 0 Å². The summed E-state index contributed by atoms with van der Waals surface area (Å²) in [5.74, 6) is 1.91. The number of carbonyl (C=O) groups is 1. The van der Waals surface area contributed by atoms with Crippen molar-refractivity contribution in [2.45, 2.75) is 19.9 Å². The standard InChI is InChI=1S/C20H21NO4/c1-3-23-16-8-10-17(11-9-16)24-13-20(22)21-14(2)19-12-15-6-4-5-7-18(15)25-19/h4-12,14H,3,13H2,1-2H3,(H,21,22)/t14-/m1/s1. The van der Waals surface area contributed by atoms with Gasteiger partial charge in [0.05, 0.1) is 12.6 Å². The van der Waals surface area contributed by atoms with Gasteiger partial charge in [0.15, 0.2) is 6.61 Å². The van der Waals surface area contributed by atoms with Crippen molar-refractivity contribution in [1.29, 1.82) is 0 Å². The summed E-state index contributed by atoms with van der Waals surface area (Å²) in [7, 11) is 0. The first-order valence-electron chi connectivity index (χ1n) is 8.29. The SMILES string of the molecule is CCOc1ccc(OCC(=O)N[C@H](C)c2cc3ccccc3o2)cc1. The first-order valence-corrected chi connectivity index (χ1v) is 8.29. The maximum absolute atomic E-state index is 12.1. The Labute approximate surface area is 146 Å². The van der Waals surface area contributed by atoms with Crippen LogP contribution in [-0.4, -0.2) is 19.1 Å². The second-order valence-electron chi connectivity index (χ2n) is 5.67. The maximum atomic E-state index is 12.1. The molecule has 0 aliphatic carbocycles. The van der Waals surface area contributed by atoms with Gasteiger partial charge in [-0.3, -0.25) is 4.79 Å². The van der Waals surface area contributed by atoms with Crippen LogP contribution in [0, 0.1) is 0 Å². The van der Waals surface area contributed by atoms with E-state index in [1.54, 1.807) is 12.1 Å². The van der Waals surface area contributed by atoms with E-state index in [0.29, 0.717) is 12.4 Å². The number of nitrogens with one attached hydrogen (secondary N) is 1. The number of furan rings is 1. The molecule has 25 heavy (non-hydrogen) atoms. The molecule has 0 aliphatic heterocycles. The number of hydrogen-bond donors (Lipinski definition) is 1. The number of fused-ring (bicyclic) bond motifs is 1. The molecule has 0 saturated carbocycles. The van der Waals surface area contributed by atoms with Gasteiger partial charge in [-0.15, -0.1) is 0 Å². The Morgan fingerprint density at radius 1 is 1.08 bits per heavy atom. The first-order chi connectivity index (χ1) is 12.2. The van der Waals surface area contributed by atoms with Crippen molar-refractivity contribution in [2.75, 3.05) is 13.2 Å². The molecule has 5 nitrogen and oxygen atoms in total. The number of rotatable bonds is 7. The molecule has 3 rings (SSSR count). The lowest BCUT2D eigenvalue weighted by Gasteiger charge is -2.12. The Morgan fingerprint density at radius 2 is 1.76 bits per heavy atom. The number of para-hydroxylation sites is 1. The molecule has 1 atom stereocenters. The molecule has 2 aromatic carbocycles. The quantitative estimate of drug-likeness (QED) is 0.704. The third-order valence-electron chi connectivity index (χ3n) is 3.75. The van der Waals surface area contributed by atoms with Crippen molar-refractivity contribution < 1.29 is 18.7 Å². The Kier molecular flexibility index (Phi) is 5.23. The zero-order valence-corrected chi connectivity index (χ0v) is 14.3. The van der Waals surface area contributed by atoms with Gasteiger partial charge in [0, 0.05) is 5.39 Å². The van der Waals surface area contributed by atoms with Crippen LogP contribution >= 0.6 is 0 Å². The van der Waals surface area contributed by atoms with Crippen LogP contribution in [0.4, 0.5) is 0 Å². The molecule has 0 fully saturated rings. The third-order valence-corrected chi connectivity index (χ3v) is 3.75. The molecule has 1 amide bonds. The average molecular weight is 339 g/mol. The van der Waals surface area contributed by atoms with Crippen molar-refractivity contribution in [1.82, 2.24) is 5.32 Å². The summed E-state index contributed by atoms with van der Waals surface area (Å²) in [6.45, 7) is 4.37. The zero-order valence-electron chi connectivity index (χ0n) is 14.3. The molecule has 1 aromatic heterocycles. The molecular formula is C20H21NO4. The summed E-state index contributed by atoms with van der Waals surface area (Å²) < 4.78 is 16.6. The monoisotopic (exact) mass is 339 g/mol. The Bertz CT molecular complexity index is 805. The maximum Gasteiger partial charge on any atom is 0.258 e. The van der Waals surface area contributed by atoms with Gasteiger partial charge in [0.1, 0.15) is 22.8 Å². The van der Waals surface area contributed by atoms with Gasteiger partial charge < -0.3 is 19.2 Å². The zero-order chi connectivity index (χ0) is 17.6. The second kappa shape index (κ2) is 7.75. The number of carbonyl (C=O) groups excluding carboxylic acids is 1. The fourth-order valence-corrected chi connectivity index (χ4v) is 2.52. The molecule has 0 unspecified atom stereocenters. The molecule has 3 aromatic rings. The summed E-state index contributed by atoms with van der Waals surface area (Å²) in [5.41, 5.74) is 0.809. The van der Waals surface area contributed by atoms with Gasteiger partial charge in [-0.1, -0.05) is 18.2 Å². The van der Waals surface area contributed by atoms with Gasteiger partial charge in [-0.25, -0.2) is 0 Å². The fourth-order valence-electron chi connectivity index (χ4n) is 2.52. The molecule has 0 saturated heterocycles. The van der Waals surface area contributed by atoms with E-state index in [1.807, 2.05) is 56.3 Å². The van der Waals surface area contributed by atoms with Crippen LogP contribution in [0.5, 0.6) is 11.5 Å². The van der Waals surface area contributed by atoms with Crippen LogP contribution in [0.15, 0.2) is 59.0 Å². The highest BCUT2D eigenvalue weighted by Crippen LogP contribution is 2.23. The van der Waals surface area contributed by atoms with E-state index in [2.05, 4.69) is 5.32 Å². The molecular weight excluding hydrogens is 318 g/mol. The minimum Gasteiger partial charge on any atom is -0.494 e. The molecule has 130 valence electrons. The number of hydrogen-bond acceptors (Lipinski definition) is 4. The molecule has 0 bridgehead atoms. The Balaban J connectivity index is 1.53. The largest absolute Gasteiger partial charge is 0.494 e. The topological polar surface area (TPSA) is 60.7 Å². The van der Waals surface area contributed by atoms with E-state index in [-0.39, 0.29) is 18.6 Å². The highest BCUT2D eigenvalue weighted by molar-refractivity contribution is 5.79. The van der Waals surface area contributed by atoms with Crippen molar-refractivity contribution in [3.05, 3.63) is 60.4 Å². The summed E-state index contributed by atoms with van der Waals surface area (Å²) in [6, 6.07) is 16.6. The van der Waals surface area contributed by atoms with Crippen LogP contribution in [0.1, 0.15) is 25.6 Å². The lowest BCUT2D eigenvalue weighted by Crippen LogP contribution is -2.31. The minimum atomic E-state index is -0.233. The van der Waals surface area contributed by atoms with Crippen LogP contribution < -0.4 is 14.8 Å². The van der Waals surface area contributed by atoms with Gasteiger partial charge in [0.25, 0.3) is 5.91 Å². The summed E-state index contributed by atoms with van der Waals surface area (Å²) in [4.78, 5) is 12.1.